The average Bonchev–Trinajstić information content (AvgIpc) is 2.92. The standard InChI is InChI=1S/C20H26N2O2.2ClH/c1-12-6-13(2)20-16(7-12)15(8-19(23)24-20)10-22-9-14-4-3-5-18(21)17(14)11-22;;/h6-8,14,17-18H,3-5,9-11,21H2,1-2H3;2*1H/t14-,17+,18-;;/m1../s1. The van der Waals surface area contributed by atoms with E-state index in [1.54, 1.807) is 6.07 Å². The Labute approximate surface area is 166 Å². The Balaban J connectivity index is 0.00000121. The summed E-state index contributed by atoms with van der Waals surface area (Å²) in [5.41, 5.74) is 10.1. The highest BCUT2D eigenvalue weighted by molar-refractivity contribution is 5.85. The number of likely N-dealkylation sites (tertiary alicyclic amines) is 1. The Morgan fingerprint density at radius 2 is 1.92 bits per heavy atom. The zero-order valence-electron chi connectivity index (χ0n) is 15.4. The van der Waals surface area contributed by atoms with Gasteiger partial charge in [0.2, 0.25) is 0 Å². The van der Waals surface area contributed by atoms with Crippen LogP contribution in [-0.2, 0) is 6.54 Å². The molecule has 2 fully saturated rings. The number of fused-ring (bicyclic) bond motifs is 2. The normalized spacial score (nSPS) is 25.4. The molecule has 0 unspecified atom stereocenters. The van der Waals surface area contributed by atoms with Gasteiger partial charge in [0, 0.05) is 37.1 Å². The van der Waals surface area contributed by atoms with E-state index in [1.807, 2.05) is 6.92 Å². The predicted octanol–water partition coefficient (Wildman–Crippen LogP) is 3.81. The SMILES string of the molecule is Cc1cc(C)c2oc(=O)cc(CN3C[C@H]4CCC[C@@H](N)[C@H]4C3)c2c1.Cl.Cl. The highest BCUT2D eigenvalue weighted by Gasteiger charge is 2.38. The van der Waals surface area contributed by atoms with E-state index in [4.69, 9.17) is 10.2 Å². The van der Waals surface area contributed by atoms with Gasteiger partial charge in [0.25, 0.3) is 0 Å². The van der Waals surface area contributed by atoms with Crippen molar-refractivity contribution in [3.05, 3.63) is 45.3 Å². The number of halogens is 2. The minimum Gasteiger partial charge on any atom is -0.422 e. The summed E-state index contributed by atoms with van der Waals surface area (Å²) in [6.45, 7) is 7.06. The second kappa shape index (κ2) is 8.30. The molecular weight excluding hydrogens is 371 g/mol. The number of aryl methyl sites for hydroxylation is 2. The zero-order chi connectivity index (χ0) is 16.8. The first kappa shape index (κ1) is 21.2. The van der Waals surface area contributed by atoms with Crippen molar-refractivity contribution in [1.82, 2.24) is 4.90 Å². The van der Waals surface area contributed by atoms with E-state index < -0.39 is 0 Å². The van der Waals surface area contributed by atoms with E-state index in [2.05, 4.69) is 24.0 Å². The van der Waals surface area contributed by atoms with Gasteiger partial charge in [-0.05, 0) is 61.3 Å². The van der Waals surface area contributed by atoms with Crippen molar-refractivity contribution in [2.45, 2.75) is 45.7 Å². The number of hydrogen-bond acceptors (Lipinski definition) is 4. The fraction of sp³-hybridized carbons (Fsp3) is 0.550. The third-order valence-corrected chi connectivity index (χ3v) is 5.88. The fourth-order valence-electron chi connectivity index (χ4n) is 4.79. The van der Waals surface area contributed by atoms with Gasteiger partial charge in [0.05, 0.1) is 0 Å². The van der Waals surface area contributed by atoms with Gasteiger partial charge in [0.15, 0.2) is 0 Å². The molecule has 4 rings (SSSR count). The molecule has 1 saturated carbocycles. The summed E-state index contributed by atoms with van der Waals surface area (Å²) in [5, 5.41) is 1.08. The van der Waals surface area contributed by atoms with Crippen LogP contribution in [-0.4, -0.2) is 24.0 Å². The lowest BCUT2D eigenvalue weighted by atomic mass is 9.78. The lowest BCUT2D eigenvalue weighted by molar-refractivity contribution is 0.259. The van der Waals surface area contributed by atoms with E-state index in [9.17, 15) is 4.79 Å². The highest BCUT2D eigenvalue weighted by Crippen LogP contribution is 2.36. The molecule has 1 aromatic carbocycles. The van der Waals surface area contributed by atoms with Gasteiger partial charge >= 0.3 is 5.63 Å². The summed E-state index contributed by atoms with van der Waals surface area (Å²) in [5.74, 6) is 1.34. The summed E-state index contributed by atoms with van der Waals surface area (Å²) in [4.78, 5) is 14.5. The molecule has 0 bridgehead atoms. The third-order valence-electron chi connectivity index (χ3n) is 5.88. The summed E-state index contributed by atoms with van der Waals surface area (Å²) < 4.78 is 5.47. The monoisotopic (exact) mass is 398 g/mol. The highest BCUT2D eigenvalue weighted by atomic mass is 35.5. The molecule has 1 aliphatic carbocycles. The molecule has 144 valence electrons. The predicted molar refractivity (Wildman–Crippen MR) is 111 cm³/mol. The number of benzene rings is 1. The molecule has 0 spiro atoms. The van der Waals surface area contributed by atoms with E-state index in [1.165, 1.54) is 18.4 Å². The molecular formula is C20H28Cl2N2O2. The van der Waals surface area contributed by atoms with Crippen molar-refractivity contribution >= 4 is 35.8 Å². The van der Waals surface area contributed by atoms with Crippen molar-refractivity contribution in [3.63, 3.8) is 0 Å². The lowest BCUT2D eigenvalue weighted by Crippen LogP contribution is -2.38. The Hall–Kier alpha value is -1.07. The van der Waals surface area contributed by atoms with Crippen LogP contribution in [0.5, 0.6) is 0 Å². The molecule has 2 N–H and O–H groups in total. The van der Waals surface area contributed by atoms with E-state index in [0.717, 1.165) is 54.1 Å². The third kappa shape index (κ3) is 3.94. The van der Waals surface area contributed by atoms with Crippen molar-refractivity contribution in [3.8, 4) is 0 Å². The van der Waals surface area contributed by atoms with Gasteiger partial charge in [-0.3, -0.25) is 4.90 Å². The Kier molecular flexibility index (Phi) is 6.78. The summed E-state index contributed by atoms with van der Waals surface area (Å²) in [7, 11) is 0. The first-order chi connectivity index (χ1) is 11.5. The van der Waals surface area contributed by atoms with Crippen LogP contribution < -0.4 is 11.4 Å². The number of nitrogens with zero attached hydrogens (tertiary/aromatic N) is 1. The second-order valence-electron chi connectivity index (χ2n) is 7.76. The molecule has 1 aromatic heterocycles. The van der Waals surface area contributed by atoms with E-state index in [-0.39, 0.29) is 30.4 Å². The maximum absolute atomic E-state index is 12.0. The molecule has 0 amide bonds. The summed E-state index contributed by atoms with van der Waals surface area (Å²) in [6.07, 6.45) is 3.71. The molecule has 3 atom stereocenters. The summed E-state index contributed by atoms with van der Waals surface area (Å²) in [6, 6.07) is 6.22. The maximum atomic E-state index is 12.0. The number of nitrogens with two attached hydrogens (primary N) is 1. The van der Waals surface area contributed by atoms with Gasteiger partial charge in [-0.15, -0.1) is 24.8 Å². The zero-order valence-corrected chi connectivity index (χ0v) is 17.0. The average molecular weight is 399 g/mol. The summed E-state index contributed by atoms with van der Waals surface area (Å²) >= 11 is 0. The Bertz CT molecular complexity index is 836. The molecule has 2 aliphatic rings. The first-order valence-electron chi connectivity index (χ1n) is 9.03. The van der Waals surface area contributed by atoms with Crippen LogP contribution in [0.1, 0.15) is 36.0 Å². The molecule has 2 heterocycles. The smallest absolute Gasteiger partial charge is 0.336 e. The van der Waals surface area contributed by atoms with Gasteiger partial charge in [0.1, 0.15) is 5.58 Å². The number of hydrogen-bond donors (Lipinski definition) is 1. The molecule has 4 nitrogen and oxygen atoms in total. The van der Waals surface area contributed by atoms with E-state index in [0.29, 0.717) is 12.0 Å². The minimum atomic E-state index is -0.252. The van der Waals surface area contributed by atoms with Crippen molar-refractivity contribution in [2.24, 2.45) is 17.6 Å². The topological polar surface area (TPSA) is 59.5 Å². The van der Waals surface area contributed by atoms with Gasteiger partial charge in [-0.2, -0.15) is 0 Å². The largest absolute Gasteiger partial charge is 0.422 e. The fourth-order valence-corrected chi connectivity index (χ4v) is 4.79. The van der Waals surface area contributed by atoms with Crippen LogP contribution in [0.15, 0.2) is 27.4 Å². The van der Waals surface area contributed by atoms with Crippen LogP contribution in [0, 0.1) is 25.7 Å². The van der Waals surface area contributed by atoms with Crippen LogP contribution in [0.3, 0.4) is 0 Å². The van der Waals surface area contributed by atoms with Crippen LogP contribution >= 0.6 is 24.8 Å². The quantitative estimate of drug-likeness (QED) is 0.781. The molecule has 2 aromatic rings. The maximum Gasteiger partial charge on any atom is 0.336 e. The van der Waals surface area contributed by atoms with Crippen LogP contribution in [0.2, 0.25) is 0 Å². The van der Waals surface area contributed by atoms with Crippen molar-refractivity contribution < 1.29 is 4.42 Å². The van der Waals surface area contributed by atoms with Crippen LogP contribution in [0.25, 0.3) is 11.0 Å². The van der Waals surface area contributed by atoms with Gasteiger partial charge in [-0.1, -0.05) is 12.5 Å². The number of rotatable bonds is 2. The molecule has 1 aliphatic heterocycles. The Morgan fingerprint density at radius 1 is 1.15 bits per heavy atom. The first-order valence-corrected chi connectivity index (χ1v) is 9.03. The van der Waals surface area contributed by atoms with E-state index >= 15 is 0 Å². The lowest BCUT2D eigenvalue weighted by Gasteiger charge is -2.29. The molecule has 26 heavy (non-hydrogen) atoms. The molecule has 1 saturated heterocycles. The van der Waals surface area contributed by atoms with Gasteiger partial charge in [-0.25, -0.2) is 4.79 Å². The van der Waals surface area contributed by atoms with Crippen molar-refractivity contribution in [2.75, 3.05) is 13.1 Å². The van der Waals surface area contributed by atoms with Gasteiger partial charge < -0.3 is 10.2 Å². The molecule has 0 radical (unpaired) electrons. The molecule has 6 heteroatoms. The minimum absolute atomic E-state index is 0. The van der Waals surface area contributed by atoms with Crippen molar-refractivity contribution in [1.29, 1.82) is 0 Å². The van der Waals surface area contributed by atoms with Crippen LogP contribution in [0.4, 0.5) is 0 Å². The Morgan fingerprint density at radius 3 is 2.65 bits per heavy atom. The second-order valence-corrected chi connectivity index (χ2v) is 7.76.